The highest BCUT2D eigenvalue weighted by Crippen LogP contribution is 2.25. The zero-order valence-electron chi connectivity index (χ0n) is 12.9. The Morgan fingerprint density at radius 3 is 2.95 bits per heavy atom. The number of fused-ring (bicyclic) bond motifs is 1. The molecule has 116 valence electrons. The number of nitrogens with zero attached hydrogens (tertiary/aromatic N) is 2. The third-order valence-electron chi connectivity index (χ3n) is 4.74. The number of H-pyrrole nitrogens is 1. The highest BCUT2D eigenvalue weighted by molar-refractivity contribution is 5.94. The van der Waals surface area contributed by atoms with Gasteiger partial charge in [0.1, 0.15) is 0 Å². The van der Waals surface area contributed by atoms with Crippen LogP contribution in [-0.4, -0.2) is 65.6 Å². The molecule has 5 nitrogen and oxygen atoms in total. The zero-order valence-corrected chi connectivity index (χ0v) is 12.9. The molecule has 0 aliphatic carbocycles. The Bertz CT molecular complexity index is 472. The van der Waals surface area contributed by atoms with Crippen molar-refractivity contribution in [2.24, 2.45) is 5.92 Å². The van der Waals surface area contributed by atoms with E-state index < -0.39 is 0 Å². The molecule has 5 heteroatoms. The standard InChI is InChI=1S/C16H25N3O2/c1-12(2)18-7-8-21-15-11-19(6-4-14(15)10-18)16(20)13-3-5-17-9-13/h3,5,9,12,14-15,17H,4,6-8,10-11H2,1-2H3. The maximum atomic E-state index is 12.4. The number of rotatable bonds is 2. The molecule has 0 radical (unpaired) electrons. The molecule has 1 amide bonds. The highest BCUT2D eigenvalue weighted by Gasteiger charge is 2.35. The molecule has 2 fully saturated rings. The molecule has 3 rings (SSSR count). The second-order valence-corrected chi connectivity index (χ2v) is 6.40. The number of piperidine rings is 1. The van der Waals surface area contributed by atoms with Crippen LogP contribution in [0.5, 0.6) is 0 Å². The van der Waals surface area contributed by atoms with Crippen LogP contribution in [-0.2, 0) is 4.74 Å². The minimum atomic E-state index is 0.114. The molecule has 0 bridgehead atoms. The third-order valence-corrected chi connectivity index (χ3v) is 4.74. The summed E-state index contributed by atoms with van der Waals surface area (Å²) >= 11 is 0. The molecule has 0 aromatic carbocycles. The van der Waals surface area contributed by atoms with Crippen molar-refractivity contribution < 1.29 is 9.53 Å². The Hall–Kier alpha value is -1.33. The lowest BCUT2D eigenvalue weighted by Crippen LogP contribution is -2.49. The molecule has 2 saturated heterocycles. The topological polar surface area (TPSA) is 48.6 Å². The van der Waals surface area contributed by atoms with Crippen LogP contribution in [0.2, 0.25) is 0 Å². The number of amides is 1. The van der Waals surface area contributed by atoms with Crippen LogP contribution in [0.15, 0.2) is 18.5 Å². The van der Waals surface area contributed by atoms with Crippen LogP contribution in [0.4, 0.5) is 0 Å². The number of hydrogen-bond donors (Lipinski definition) is 1. The lowest BCUT2D eigenvalue weighted by molar-refractivity contribution is -0.0171. The molecule has 2 aliphatic rings. The third kappa shape index (κ3) is 3.14. The van der Waals surface area contributed by atoms with Gasteiger partial charge >= 0.3 is 0 Å². The smallest absolute Gasteiger partial charge is 0.255 e. The average Bonchev–Trinajstić information content (AvgIpc) is 2.92. The maximum Gasteiger partial charge on any atom is 0.255 e. The number of aromatic amines is 1. The molecule has 0 saturated carbocycles. The molecule has 1 aromatic heterocycles. The fourth-order valence-electron chi connectivity index (χ4n) is 3.37. The zero-order chi connectivity index (χ0) is 14.8. The summed E-state index contributed by atoms with van der Waals surface area (Å²) in [4.78, 5) is 19.8. The van der Waals surface area contributed by atoms with Crippen molar-refractivity contribution in [3.8, 4) is 0 Å². The monoisotopic (exact) mass is 291 g/mol. The Kier molecular flexibility index (Phi) is 4.31. The van der Waals surface area contributed by atoms with Crippen LogP contribution in [0.3, 0.4) is 0 Å². The molecule has 3 heterocycles. The quantitative estimate of drug-likeness (QED) is 0.900. The molecular weight excluding hydrogens is 266 g/mol. The first kappa shape index (κ1) is 14.6. The molecule has 21 heavy (non-hydrogen) atoms. The summed E-state index contributed by atoms with van der Waals surface area (Å²) in [6, 6.07) is 2.40. The van der Waals surface area contributed by atoms with E-state index in [1.807, 2.05) is 11.0 Å². The van der Waals surface area contributed by atoms with E-state index in [2.05, 4.69) is 23.7 Å². The lowest BCUT2D eigenvalue weighted by atomic mass is 9.92. The summed E-state index contributed by atoms with van der Waals surface area (Å²) in [5.41, 5.74) is 0.742. The predicted molar refractivity (Wildman–Crippen MR) is 81.3 cm³/mol. The molecule has 2 atom stereocenters. The predicted octanol–water partition coefficient (Wildman–Crippen LogP) is 1.59. The van der Waals surface area contributed by atoms with Crippen molar-refractivity contribution >= 4 is 5.91 Å². The molecule has 1 N–H and O–H groups in total. The van der Waals surface area contributed by atoms with Crippen molar-refractivity contribution in [2.45, 2.75) is 32.4 Å². The van der Waals surface area contributed by atoms with E-state index in [1.165, 1.54) is 0 Å². The van der Waals surface area contributed by atoms with Gasteiger partial charge in [0.15, 0.2) is 0 Å². The van der Waals surface area contributed by atoms with E-state index in [4.69, 9.17) is 4.74 Å². The van der Waals surface area contributed by atoms with Crippen LogP contribution >= 0.6 is 0 Å². The summed E-state index contributed by atoms with van der Waals surface area (Å²) in [6.07, 6.45) is 4.78. The van der Waals surface area contributed by atoms with Gasteiger partial charge in [0.05, 0.1) is 18.3 Å². The van der Waals surface area contributed by atoms with Crippen LogP contribution in [0.25, 0.3) is 0 Å². The van der Waals surface area contributed by atoms with Crippen LogP contribution in [0.1, 0.15) is 30.6 Å². The van der Waals surface area contributed by atoms with Gasteiger partial charge in [-0.2, -0.15) is 0 Å². The Morgan fingerprint density at radius 1 is 1.38 bits per heavy atom. The van der Waals surface area contributed by atoms with Crippen molar-refractivity contribution in [3.63, 3.8) is 0 Å². The largest absolute Gasteiger partial charge is 0.375 e. The summed E-state index contributed by atoms with van der Waals surface area (Å²) in [6.45, 7) is 8.90. The molecule has 0 spiro atoms. The van der Waals surface area contributed by atoms with Gasteiger partial charge < -0.3 is 14.6 Å². The number of carbonyl (C=O) groups is 1. The first-order chi connectivity index (χ1) is 10.1. The number of ether oxygens (including phenoxy) is 1. The van der Waals surface area contributed by atoms with E-state index in [1.54, 1.807) is 12.4 Å². The first-order valence-corrected chi connectivity index (χ1v) is 7.93. The van der Waals surface area contributed by atoms with Gasteiger partial charge in [0, 0.05) is 50.5 Å². The highest BCUT2D eigenvalue weighted by atomic mass is 16.5. The summed E-state index contributed by atoms with van der Waals surface area (Å²) in [5, 5.41) is 0. The number of carbonyl (C=O) groups excluding carboxylic acids is 1. The summed E-state index contributed by atoms with van der Waals surface area (Å²) < 4.78 is 6.04. The minimum absolute atomic E-state index is 0.114. The van der Waals surface area contributed by atoms with Gasteiger partial charge in [-0.1, -0.05) is 0 Å². The Labute approximate surface area is 126 Å². The molecule has 1 aromatic rings. The first-order valence-electron chi connectivity index (χ1n) is 7.93. The second-order valence-electron chi connectivity index (χ2n) is 6.40. The molecular formula is C16H25N3O2. The van der Waals surface area contributed by atoms with Crippen molar-refractivity contribution in [1.29, 1.82) is 0 Å². The molecule has 2 aliphatic heterocycles. The van der Waals surface area contributed by atoms with E-state index in [0.717, 1.165) is 44.8 Å². The van der Waals surface area contributed by atoms with Gasteiger partial charge in [0.25, 0.3) is 5.91 Å². The van der Waals surface area contributed by atoms with Gasteiger partial charge in [-0.3, -0.25) is 9.69 Å². The second kappa shape index (κ2) is 6.20. The molecule has 2 unspecified atom stereocenters. The normalized spacial score (nSPS) is 27.5. The number of likely N-dealkylation sites (tertiary alicyclic amines) is 1. The minimum Gasteiger partial charge on any atom is -0.375 e. The fraction of sp³-hybridized carbons (Fsp3) is 0.688. The van der Waals surface area contributed by atoms with Gasteiger partial charge in [-0.05, 0) is 26.3 Å². The van der Waals surface area contributed by atoms with Crippen LogP contribution in [0, 0.1) is 5.92 Å². The van der Waals surface area contributed by atoms with E-state index in [0.29, 0.717) is 12.0 Å². The maximum absolute atomic E-state index is 12.4. The van der Waals surface area contributed by atoms with E-state index >= 15 is 0 Å². The van der Waals surface area contributed by atoms with Crippen molar-refractivity contribution in [1.82, 2.24) is 14.8 Å². The Balaban J connectivity index is 1.64. The number of hydrogen-bond acceptors (Lipinski definition) is 3. The SMILES string of the molecule is CC(C)N1CCOC2CN(C(=O)c3cc[nH]c3)CCC2C1. The number of aromatic nitrogens is 1. The lowest BCUT2D eigenvalue weighted by Gasteiger charge is -2.38. The van der Waals surface area contributed by atoms with E-state index in [9.17, 15) is 4.79 Å². The van der Waals surface area contributed by atoms with Gasteiger partial charge in [-0.15, -0.1) is 0 Å². The summed E-state index contributed by atoms with van der Waals surface area (Å²) in [7, 11) is 0. The average molecular weight is 291 g/mol. The van der Waals surface area contributed by atoms with Gasteiger partial charge in [0.2, 0.25) is 0 Å². The fourth-order valence-corrected chi connectivity index (χ4v) is 3.37. The van der Waals surface area contributed by atoms with Gasteiger partial charge in [-0.25, -0.2) is 0 Å². The van der Waals surface area contributed by atoms with Crippen molar-refractivity contribution in [3.05, 3.63) is 24.0 Å². The van der Waals surface area contributed by atoms with E-state index in [-0.39, 0.29) is 12.0 Å². The summed E-state index contributed by atoms with van der Waals surface area (Å²) in [5.74, 6) is 0.661. The van der Waals surface area contributed by atoms with Crippen molar-refractivity contribution in [2.75, 3.05) is 32.8 Å². The van der Waals surface area contributed by atoms with Crippen LogP contribution < -0.4 is 0 Å². The number of nitrogens with one attached hydrogen (secondary N) is 1. The Morgan fingerprint density at radius 2 is 2.24 bits per heavy atom.